The van der Waals surface area contributed by atoms with Gasteiger partial charge < -0.3 is 4.90 Å². The summed E-state index contributed by atoms with van der Waals surface area (Å²) in [4.78, 5) is 2.14. The molecule has 1 atom stereocenters. The highest BCUT2D eigenvalue weighted by Gasteiger charge is 2.25. The molecule has 0 bridgehead atoms. The molecule has 0 amide bonds. The van der Waals surface area contributed by atoms with Crippen molar-refractivity contribution in [1.29, 1.82) is 0 Å². The van der Waals surface area contributed by atoms with E-state index in [1.54, 1.807) is 24.3 Å². The molecule has 144 valence electrons. The van der Waals surface area contributed by atoms with Gasteiger partial charge in [0.25, 0.3) is 0 Å². The van der Waals surface area contributed by atoms with E-state index in [-0.39, 0.29) is 5.92 Å². The number of benzene rings is 2. The van der Waals surface area contributed by atoms with E-state index in [0.717, 1.165) is 29.4 Å². The number of aromatic nitrogens is 2. The highest BCUT2D eigenvalue weighted by Crippen LogP contribution is 2.37. The maximum Gasteiger partial charge on any atom is 0.159 e. The molecule has 28 heavy (non-hydrogen) atoms. The van der Waals surface area contributed by atoms with Crippen LogP contribution in [0.5, 0.6) is 0 Å². The van der Waals surface area contributed by atoms with Gasteiger partial charge in [-0.2, -0.15) is 10.2 Å². The van der Waals surface area contributed by atoms with Crippen molar-refractivity contribution in [3.05, 3.63) is 82.3 Å². The number of nitrogens with zero attached hydrogens (tertiary/aromatic N) is 3. The molecule has 1 aliphatic heterocycles. The minimum Gasteiger partial charge on any atom is -0.302 e. The van der Waals surface area contributed by atoms with E-state index >= 15 is 4.39 Å². The van der Waals surface area contributed by atoms with Gasteiger partial charge in [-0.05, 0) is 80.0 Å². The highest BCUT2D eigenvalue weighted by molar-refractivity contribution is 5.62. The van der Waals surface area contributed by atoms with Gasteiger partial charge in [-0.3, -0.25) is 0 Å². The van der Waals surface area contributed by atoms with Crippen molar-refractivity contribution in [2.75, 3.05) is 13.6 Å². The Bertz CT molecular complexity index is 1020. The van der Waals surface area contributed by atoms with E-state index in [9.17, 15) is 8.78 Å². The fourth-order valence-corrected chi connectivity index (χ4v) is 3.78. The van der Waals surface area contributed by atoms with Crippen LogP contribution in [0, 0.1) is 24.4 Å². The zero-order valence-corrected chi connectivity index (χ0v) is 15.7. The lowest BCUT2D eigenvalue weighted by atomic mass is 9.85. The van der Waals surface area contributed by atoms with Gasteiger partial charge in [0.05, 0.1) is 11.4 Å². The van der Waals surface area contributed by atoms with Crippen LogP contribution in [0.2, 0.25) is 0 Å². The smallest absolute Gasteiger partial charge is 0.159 e. The first-order chi connectivity index (χ1) is 13.4. The first-order valence-electron chi connectivity index (χ1n) is 9.19. The van der Waals surface area contributed by atoms with Crippen LogP contribution in [0.1, 0.15) is 34.7 Å². The van der Waals surface area contributed by atoms with E-state index in [0.29, 0.717) is 29.8 Å². The molecule has 4 rings (SSSR count). The van der Waals surface area contributed by atoms with Crippen LogP contribution in [-0.2, 0) is 6.54 Å². The Morgan fingerprint density at radius 3 is 2.46 bits per heavy atom. The fraction of sp³-hybridized carbons (Fsp3) is 0.273. The predicted octanol–water partition coefficient (Wildman–Crippen LogP) is 4.84. The van der Waals surface area contributed by atoms with Crippen molar-refractivity contribution in [2.24, 2.45) is 0 Å². The number of aryl methyl sites for hydroxylation is 1. The lowest BCUT2D eigenvalue weighted by Crippen LogP contribution is -2.17. The second-order valence-corrected chi connectivity index (χ2v) is 7.34. The summed E-state index contributed by atoms with van der Waals surface area (Å²) in [5.41, 5.74) is 4.03. The van der Waals surface area contributed by atoms with Crippen molar-refractivity contribution in [3.63, 3.8) is 0 Å². The fourth-order valence-electron chi connectivity index (χ4n) is 3.78. The predicted molar refractivity (Wildman–Crippen MR) is 101 cm³/mol. The van der Waals surface area contributed by atoms with Crippen LogP contribution in [0.25, 0.3) is 11.3 Å². The first-order valence-corrected chi connectivity index (χ1v) is 9.19. The molecule has 0 spiro atoms. The van der Waals surface area contributed by atoms with Gasteiger partial charge >= 0.3 is 0 Å². The van der Waals surface area contributed by atoms with Crippen LogP contribution in [-0.4, -0.2) is 28.7 Å². The van der Waals surface area contributed by atoms with Crippen LogP contribution < -0.4 is 0 Å². The number of rotatable bonds is 2. The van der Waals surface area contributed by atoms with Crippen LogP contribution in [0.15, 0.2) is 42.5 Å². The minimum atomic E-state index is -0.885. The summed E-state index contributed by atoms with van der Waals surface area (Å²) >= 11 is 0. The summed E-state index contributed by atoms with van der Waals surface area (Å²) in [6.07, 6.45) is 0.692. The molecule has 0 saturated heterocycles. The second-order valence-electron chi connectivity index (χ2n) is 7.34. The number of hydrogen-bond acceptors (Lipinski definition) is 3. The third kappa shape index (κ3) is 3.52. The van der Waals surface area contributed by atoms with Crippen molar-refractivity contribution >= 4 is 0 Å². The Hall–Kier alpha value is -2.73. The van der Waals surface area contributed by atoms with Gasteiger partial charge in [0.2, 0.25) is 0 Å². The number of fused-ring (bicyclic) bond motifs is 1. The molecular weight excluding hydrogens is 363 g/mol. The molecule has 3 aromatic rings. The maximum atomic E-state index is 15.0. The topological polar surface area (TPSA) is 29.0 Å². The monoisotopic (exact) mass is 383 g/mol. The van der Waals surface area contributed by atoms with Crippen molar-refractivity contribution in [2.45, 2.75) is 25.8 Å². The average molecular weight is 383 g/mol. The molecule has 0 saturated carbocycles. The van der Waals surface area contributed by atoms with Crippen LogP contribution in [0.3, 0.4) is 0 Å². The highest BCUT2D eigenvalue weighted by atomic mass is 19.2. The SMILES string of the molecule is Cc1ccc(-c2cc3c(cc2F)C(c2ccc(F)c(F)c2)CCN(C)C3)nn1. The van der Waals surface area contributed by atoms with Gasteiger partial charge in [0, 0.05) is 18.0 Å². The maximum absolute atomic E-state index is 15.0. The van der Waals surface area contributed by atoms with E-state index in [1.807, 2.05) is 14.0 Å². The number of hydrogen-bond donors (Lipinski definition) is 0. The quantitative estimate of drug-likeness (QED) is 0.634. The molecule has 1 aromatic heterocycles. The zero-order valence-electron chi connectivity index (χ0n) is 15.7. The lowest BCUT2D eigenvalue weighted by molar-refractivity contribution is 0.328. The Morgan fingerprint density at radius 2 is 1.75 bits per heavy atom. The molecule has 1 unspecified atom stereocenters. The van der Waals surface area contributed by atoms with Gasteiger partial charge in [-0.15, -0.1) is 0 Å². The molecule has 6 heteroatoms. The summed E-state index contributed by atoms with van der Waals surface area (Å²) in [5, 5.41) is 8.12. The van der Waals surface area contributed by atoms with Gasteiger partial charge in [-0.1, -0.05) is 6.07 Å². The lowest BCUT2D eigenvalue weighted by Gasteiger charge is -2.19. The van der Waals surface area contributed by atoms with Gasteiger partial charge in [0.1, 0.15) is 5.82 Å². The molecule has 3 nitrogen and oxygen atoms in total. The largest absolute Gasteiger partial charge is 0.302 e. The Labute approximate surface area is 161 Å². The normalized spacial score (nSPS) is 17.2. The Kier molecular flexibility index (Phi) is 4.89. The number of halogens is 3. The molecule has 0 aliphatic carbocycles. The molecular formula is C22H20F3N3. The third-order valence-electron chi connectivity index (χ3n) is 5.26. The second kappa shape index (κ2) is 7.36. The summed E-state index contributed by atoms with van der Waals surface area (Å²) in [5.74, 6) is -2.37. The summed E-state index contributed by atoms with van der Waals surface area (Å²) in [6, 6.07) is 10.8. The van der Waals surface area contributed by atoms with Crippen molar-refractivity contribution < 1.29 is 13.2 Å². The van der Waals surface area contributed by atoms with Crippen LogP contribution in [0.4, 0.5) is 13.2 Å². The molecule has 0 N–H and O–H groups in total. The zero-order chi connectivity index (χ0) is 19.8. The minimum absolute atomic E-state index is 0.206. The molecule has 2 aromatic carbocycles. The molecule has 0 fully saturated rings. The van der Waals surface area contributed by atoms with E-state index in [1.165, 1.54) is 12.1 Å². The van der Waals surface area contributed by atoms with Gasteiger partial charge in [0.15, 0.2) is 11.6 Å². The molecule has 1 aliphatic rings. The third-order valence-corrected chi connectivity index (χ3v) is 5.26. The molecule has 2 heterocycles. The summed E-state index contributed by atoms with van der Waals surface area (Å²) < 4.78 is 42.2. The molecule has 0 radical (unpaired) electrons. The standard InChI is InChI=1S/C22H20F3N3/c1-13-3-6-22(27-26-13)18-9-15-12-28(2)8-7-16(17(15)11-20(18)24)14-4-5-19(23)21(25)10-14/h3-6,9-11,16H,7-8,12H2,1-2H3. The van der Waals surface area contributed by atoms with Crippen LogP contribution >= 0.6 is 0 Å². The van der Waals surface area contributed by atoms with E-state index < -0.39 is 17.5 Å². The van der Waals surface area contributed by atoms with Gasteiger partial charge in [-0.25, -0.2) is 13.2 Å². The van der Waals surface area contributed by atoms with E-state index in [4.69, 9.17) is 0 Å². The van der Waals surface area contributed by atoms with Crippen molar-refractivity contribution in [1.82, 2.24) is 15.1 Å². The first kappa shape index (κ1) is 18.6. The average Bonchev–Trinajstić information content (AvgIpc) is 2.82. The van der Waals surface area contributed by atoms with Crippen molar-refractivity contribution in [3.8, 4) is 11.3 Å². The summed E-state index contributed by atoms with van der Waals surface area (Å²) in [6.45, 7) is 3.23. The Morgan fingerprint density at radius 1 is 0.929 bits per heavy atom. The Balaban J connectivity index is 1.83. The van der Waals surface area contributed by atoms with E-state index in [2.05, 4.69) is 15.1 Å². The summed E-state index contributed by atoms with van der Waals surface area (Å²) in [7, 11) is 1.99.